The van der Waals surface area contributed by atoms with E-state index in [0.29, 0.717) is 125 Å². The van der Waals surface area contributed by atoms with Crippen LogP contribution < -0.4 is 10.6 Å². The summed E-state index contributed by atoms with van der Waals surface area (Å²) in [6.07, 6.45) is 5.02. The van der Waals surface area contributed by atoms with Crippen LogP contribution in [-0.2, 0) is 52.2 Å². The van der Waals surface area contributed by atoms with E-state index < -0.39 is 29.7 Å². The number of carbonyl (C=O) groups excluding carboxylic acids is 4. The number of ether oxygens (including phenoxy) is 9. The van der Waals surface area contributed by atoms with E-state index in [-0.39, 0.29) is 24.0 Å². The van der Waals surface area contributed by atoms with E-state index in [1.165, 1.54) is 19.3 Å². The Morgan fingerprint density at radius 3 is 1.55 bits per heavy atom. The van der Waals surface area contributed by atoms with Gasteiger partial charge in [-0.15, -0.1) is 0 Å². The molecule has 2 aliphatic rings. The molecule has 1 saturated heterocycles. The molecule has 0 saturated carbocycles. The summed E-state index contributed by atoms with van der Waals surface area (Å²) >= 11 is 0. The Bertz CT molecular complexity index is 1200. The Morgan fingerprint density at radius 2 is 1.08 bits per heavy atom. The van der Waals surface area contributed by atoms with Crippen LogP contribution in [0.3, 0.4) is 0 Å². The lowest BCUT2D eigenvalue weighted by Crippen LogP contribution is -2.54. The van der Waals surface area contributed by atoms with E-state index in [1.807, 2.05) is 0 Å². The zero-order valence-corrected chi connectivity index (χ0v) is 31.2. The average molecular weight is 754 g/mol. The van der Waals surface area contributed by atoms with Gasteiger partial charge < -0.3 is 47.9 Å². The van der Waals surface area contributed by atoms with E-state index in [4.69, 9.17) is 42.6 Å². The summed E-state index contributed by atoms with van der Waals surface area (Å²) in [6.45, 7) is 11.6. The second kappa shape index (κ2) is 28.4. The fourth-order valence-corrected chi connectivity index (χ4v) is 5.41. The minimum atomic E-state index is -1.01. The number of hydrogen-bond acceptors (Lipinski definition) is 14. The number of unbranched alkanes of at least 4 members (excludes halogenated alkanes) is 3. The van der Waals surface area contributed by atoms with Crippen molar-refractivity contribution < 1.29 is 61.8 Å². The maximum absolute atomic E-state index is 13.1. The van der Waals surface area contributed by atoms with Crippen molar-refractivity contribution in [2.24, 2.45) is 0 Å². The number of nitrogens with zero attached hydrogens (tertiary/aromatic N) is 1. The van der Waals surface area contributed by atoms with Crippen molar-refractivity contribution in [2.75, 3.05) is 131 Å². The van der Waals surface area contributed by atoms with Gasteiger partial charge in [0.25, 0.3) is 11.8 Å². The predicted molar refractivity (Wildman–Crippen MR) is 193 cm³/mol. The topological polar surface area (TPSA) is 179 Å². The number of imide groups is 2. The Hall–Kier alpha value is -3.06. The number of carbonyl (C=O) groups is 4. The molecule has 1 fully saturated rings. The predicted octanol–water partition coefficient (Wildman–Crippen LogP) is 2.23. The third-order valence-corrected chi connectivity index (χ3v) is 8.15. The molecule has 16 nitrogen and oxygen atoms in total. The lowest BCUT2D eigenvalue weighted by Gasteiger charge is -2.27. The number of piperidine rings is 1. The summed E-state index contributed by atoms with van der Waals surface area (Å²) in [5, 5.41) is 5.33. The molecule has 4 amide bonds. The number of fused-ring (bicyclic) bond motifs is 1. The largest absolute Gasteiger partial charge is 0.382 e. The molecule has 0 bridgehead atoms. The molecule has 1 unspecified atom stereocenters. The van der Waals surface area contributed by atoms with E-state index in [9.17, 15) is 19.2 Å². The van der Waals surface area contributed by atoms with Crippen LogP contribution in [0.1, 0.15) is 66.2 Å². The Balaban J connectivity index is 1.03. The number of anilines is 1. The van der Waals surface area contributed by atoms with Gasteiger partial charge in [-0.25, -0.2) is 0 Å². The zero-order valence-electron chi connectivity index (χ0n) is 31.2. The Kier molecular flexibility index (Phi) is 23.8. The van der Waals surface area contributed by atoms with Crippen LogP contribution in [0.2, 0.25) is 0 Å². The SMILES string of the molecule is CCCCCCOCCOCCOCCOCCOCCOCCOCCOCCOCCNc1cccc2c1C(=O)N(C1CCC(=O)NC1=O)C2=O. The molecular formula is C37H59N3O13. The highest BCUT2D eigenvalue weighted by Crippen LogP contribution is 2.32. The summed E-state index contributed by atoms with van der Waals surface area (Å²) in [4.78, 5) is 50.8. The van der Waals surface area contributed by atoms with E-state index in [0.717, 1.165) is 17.9 Å². The lowest BCUT2D eigenvalue weighted by atomic mass is 10.0. The minimum absolute atomic E-state index is 0.0683. The fraction of sp³-hybridized carbons (Fsp3) is 0.730. The van der Waals surface area contributed by atoms with Gasteiger partial charge in [0.15, 0.2) is 0 Å². The van der Waals surface area contributed by atoms with Gasteiger partial charge in [0.1, 0.15) is 6.04 Å². The molecule has 1 atom stereocenters. The van der Waals surface area contributed by atoms with Crippen molar-refractivity contribution in [1.29, 1.82) is 0 Å². The van der Waals surface area contributed by atoms with Gasteiger partial charge in [-0.3, -0.25) is 29.4 Å². The van der Waals surface area contributed by atoms with Crippen molar-refractivity contribution >= 4 is 29.3 Å². The highest BCUT2D eigenvalue weighted by atomic mass is 16.6. The Labute approximate surface area is 312 Å². The van der Waals surface area contributed by atoms with Gasteiger partial charge in [-0.2, -0.15) is 0 Å². The van der Waals surface area contributed by atoms with Crippen LogP contribution in [-0.4, -0.2) is 160 Å². The number of hydrogen-bond donors (Lipinski definition) is 2. The summed E-state index contributed by atoms with van der Waals surface area (Å²) in [5.41, 5.74) is 0.917. The smallest absolute Gasteiger partial charge is 0.264 e. The monoisotopic (exact) mass is 753 g/mol. The third-order valence-electron chi connectivity index (χ3n) is 8.15. The molecule has 0 aliphatic carbocycles. The molecule has 300 valence electrons. The maximum Gasteiger partial charge on any atom is 0.264 e. The molecule has 1 aromatic carbocycles. The van der Waals surface area contributed by atoms with E-state index in [2.05, 4.69) is 17.6 Å². The number of amides is 4. The second-order valence-corrected chi connectivity index (χ2v) is 12.2. The number of nitrogens with one attached hydrogen (secondary N) is 2. The molecule has 1 aromatic rings. The molecule has 3 rings (SSSR count). The molecule has 2 aliphatic heterocycles. The number of rotatable bonds is 34. The average Bonchev–Trinajstić information content (AvgIpc) is 3.41. The second-order valence-electron chi connectivity index (χ2n) is 12.2. The first-order valence-corrected chi connectivity index (χ1v) is 18.8. The zero-order chi connectivity index (χ0) is 37.8. The molecule has 0 aromatic heterocycles. The lowest BCUT2D eigenvalue weighted by molar-refractivity contribution is -0.136. The van der Waals surface area contributed by atoms with E-state index in [1.54, 1.807) is 18.2 Å². The van der Waals surface area contributed by atoms with Crippen LogP contribution in [0.15, 0.2) is 18.2 Å². The first-order chi connectivity index (χ1) is 26.0. The normalized spacial score (nSPS) is 15.7. The molecule has 0 spiro atoms. The quantitative estimate of drug-likeness (QED) is 0.0773. The highest BCUT2D eigenvalue weighted by Gasteiger charge is 2.45. The molecule has 16 heteroatoms. The third kappa shape index (κ3) is 17.8. The minimum Gasteiger partial charge on any atom is -0.382 e. The fourth-order valence-electron chi connectivity index (χ4n) is 5.41. The first-order valence-electron chi connectivity index (χ1n) is 18.8. The van der Waals surface area contributed by atoms with Crippen molar-refractivity contribution in [3.63, 3.8) is 0 Å². The first kappa shape index (κ1) is 44.3. The van der Waals surface area contributed by atoms with Crippen LogP contribution in [0.4, 0.5) is 5.69 Å². The van der Waals surface area contributed by atoms with Crippen LogP contribution in [0, 0.1) is 0 Å². The molecular weight excluding hydrogens is 694 g/mol. The van der Waals surface area contributed by atoms with Crippen molar-refractivity contribution in [2.45, 2.75) is 51.5 Å². The molecule has 2 heterocycles. The van der Waals surface area contributed by atoms with Crippen LogP contribution in [0.5, 0.6) is 0 Å². The molecule has 53 heavy (non-hydrogen) atoms. The summed E-state index contributed by atoms with van der Waals surface area (Å²) in [5.74, 6) is -2.16. The van der Waals surface area contributed by atoms with Crippen molar-refractivity contribution in [1.82, 2.24) is 10.2 Å². The number of benzene rings is 1. The van der Waals surface area contributed by atoms with Gasteiger partial charge in [-0.1, -0.05) is 32.3 Å². The van der Waals surface area contributed by atoms with E-state index >= 15 is 0 Å². The van der Waals surface area contributed by atoms with Gasteiger partial charge in [-0.05, 0) is 25.0 Å². The van der Waals surface area contributed by atoms with Crippen molar-refractivity contribution in [3.8, 4) is 0 Å². The molecule has 2 N–H and O–H groups in total. The van der Waals surface area contributed by atoms with Crippen LogP contribution >= 0.6 is 0 Å². The van der Waals surface area contributed by atoms with Gasteiger partial charge >= 0.3 is 0 Å². The van der Waals surface area contributed by atoms with Gasteiger partial charge in [0.2, 0.25) is 11.8 Å². The summed E-state index contributed by atoms with van der Waals surface area (Å²) < 4.78 is 49.6. The van der Waals surface area contributed by atoms with Crippen molar-refractivity contribution in [3.05, 3.63) is 29.3 Å². The summed E-state index contributed by atoms with van der Waals surface area (Å²) in [7, 11) is 0. The summed E-state index contributed by atoms with van der Waals surface area (Å²) in [6, 6.07) is 3.91. The van der Waals surface area contributed by atoms with Gasteiger partial charge in [0, 0.05) is 25.3 Å². The standard InChI is InChI=1S/C37H59N3O13/c1-2-3-4-5-12-45-14-16-47-18-20-49-22-24-51-26-28-53-29-27-52-25-23-50-21-19-48-17-15-46-13-11-38-31-8-6-7-30-34(31)37(44)40(36(30)43)32-9-10-33(41)39-35(32)42/h6-8,32,38H,2-5,9-29H2,1H3,(H,39,41,42). The maximum atomic E-state index is 13.1. The Morgan fingerprint density at radius 1 is 0.604 bits per heavy atom. The van der Waals surface area contributed by atoms with Gasteiger partial charge in [0.05, 0.1) is 123 Å². The highest BCUT2D eigenvalue weighted by molar-refractivity contribution is 6.25. The molecule has 0 radical (unpaired) electrons. The van der Waals surface area contributed by atoms with Crippen LogP contribution in [0.25, 0.3) is 0 Å².